The molecule has 1 aliphatic carbocycles. The van der Waals surface area contributed by atoms with Gasteiger partial charge in [-0.1, -0.05) is 0 Å². The molecule has 0 radical (unpaired) electrons. The van der Waals surface area contributed by atoms with E-state index in [9.17, 15) is 10.1 Å². The van der Waals surface area contributed by atoms with Crippen molar-refractivity contribution in [1.82, 2.24) is 4.98 Å². The maximum atomic E-state index is 10.9. The molecule has 0 saturated carbocycles. The standard InChI is InChI=1S/C14H14BrN3O2S/c1-8-11(18(19)20)7-16-14(13(8)15)17-10-3-2-4-12-9(10)5-6-21-12/h5-7,10H,2-4H2,1H3,(H,16,17). The predicted molar refractivity (Wildman–Crippen MR) is 86.9 cm³/mol. The largest absolute Gasteiger partial charge is 0.362 e. The fourth-order valence-corrected chi connectivity index (χ4v) is 4.06. The molecule has 2 heterocycles. The quantitative estimate of drug-likeness (QED) is 0.635. The van der Waals surface area contributed by atoms with Crippen LogP contribution in [0.2, 0.25) is 0 Å². The summed E-state index contributed by atoms with van der Waals surface area (Å²) in [6.45, 7) is 1.73. The lowest BCUT2D eigenvalue weighted by Crippen LogP contribution is -2.17. The summed E-state index contributed by atoms with van der Waals surface area (Å²) >= 11 is 5.22. The number of halogens is 1. The summed E-state index contributed by atoms with van der Waals surface area (Å²) < 4.78 is 0.666. The van der Waals surface area contributed by atoms with Gasteiger partial charge in [0.2, 0.25) is 0 Å². The summed E-state index contributed by atoms with van der Waals surface area (Å²) in [6.07, 6.45) is 4.65. The highest BCUT2D eigenvalue weighted by atomic mass is 79.9. The molecule has 1 N–H and O–H groups in total. The third-order valence-electron chi connectivity index (χ3n) is 3.80. The van der Waals surface area contributed by atoms with Crippen molar-refractivity contribution >= 4 is 38.8 Å². The Morgan fingerprint density at radius 3 is 3.14 bits per heavy atom. The Hall–Kier alpha value is -1.47. The highest BCUT2D eigenvalue weighted by Gasteiger charge is 2.24. The highest BCUT2D eigenvalue weighted by Crippen LogP contribution is 2.38. The monoisotopic (exact) mass is 367 g/mol. The van der Waals surface area contributed by atoms with Gasteiger partial charge in [-0.2, -0.15) is 0 Å². The Morgan fingerprint density at radius 1 is 1.57 bits per heavy atom. The molecule has 0 saturated heterocycles. The molecule has 110 valence electrons. The van der Waals surface area contributed by atoms with Crippen LogP contribution in [0.4, 0.5) is 11.5 Å². The maximum Gasteiger partial charge on any atom is 0.291 e. The van der Waals surface area contributed by atoms with Gasteiger partial charge in [-0.3, -0.25) is 10.1 Å². The third-order valence-corrected chi connectivity index (χ3v) is 5.76. The number of hydrogen-bond donors (Lipinski definition) is 1. The second-order valence-electron chi connectivity index (χ2n) is 5.08. The number of anilines is 1. The average molecular weight is 368 g/mol. The molecule has 2 aromatic rings. The molecule has 21 heavy (non-hydrogen) atoms. The Morgan fingerprint density at radius 2 is 2.38 bits per heavy atom. The van der Waals surface area contributed by atoms with E-state index in [2.05, 4.69) is 37.7 Å². The summed E-state index contributed by atoms with van der Waals surface area (Å²) in [7, 11) is 0. The molecule has 0 amide bonds. The first kappa shape index (κ1) is 14.5. The number of aryl methyl sites for hydroxylation is 1. The number of nitrogens with zero attached hydrogens (tertiary/aromatic N) is 2. The van der Waals surface area contributed by atoms with E-state index in [1.807, 2.05) is 0 Å². The summed E-state index contributed by atoms with van der Waals surface area (Å²) in [5.74, 6) is 0.669. The molecular weight excluding hydrogens is 354 g/mol. The highest BCUT2D eigenvalue weighted by molar-refractivity contribution is 9.10. The van der Waals surface area contributed by atoms with Crippen LogP contribution in [0.15, 0.2) is 22.1 Å². The molecule has 2 aromatic heterocycles. The summed E-state index contributed by atoms with van der Waals surface area (Å²) in [4.78, 5) is 16.2. The van der Waals surface area contributed by atoms with Crippen LogP contribution in [-0.4, -0.2) is 9.91 Å². The molecule has 0 aliphatic heterocycles. The van der Waals surface area contributed by atoms with Gasteiger partial charge in [-0.15, -0.1) is 11.3 Å². The average Bonchev–Trinajstić information content (AvgIpc) is 2.93. The molecule has 0 spiro atoms. The van der Waals surface area contributed by atoms with Gasteiger partial charge in [0.05, 0.1) is 15.4 Å². The van der Waals surface area contributed by atoms with E-state index in [-0.39, 0.29) is 11.7 Å². The first-order valence-electron chi connectivity index (χ1n) is 6.70. The van der Waals surface area contributed by atoms with Crippen molar-refractivity contribution < 1.29 is 4.92 Å². The molecule has 1 atom stereocenters. The van der Waals surface area contributed by atoms with Crippen LogP contribution in [0.5, 0.6) is 0 Å². The van der Waals surface area contributed by atoms with Crippen molar-refractivity contribution in [3.63, 3.8) is 0 Å². The van der Waals surface area contributed by atoms with Crippen molar-refractivity contribution in [2.24, 2.45) is 0 Å². The van der Waals surface area contributed by atoms with Gasteiger partial charge < -0.3 is 5.32 Å². The lowest BCUT2D eigenvalue weighted by atomic mass is 9.94. The Bertz CT molecular complexity index is 702. The topological polar surface area (TPSA) is 68.1 Å². The summed E-state index contributed by atoms with van der Waals surface area (Å²) in [5.41, 5.74) is 1.96. The second kappa shape index (κ2) is 5.73. The van der Waals surface area contributed by atoms with E-state index in [1.165, 1.54) is 16.6 Å². The van der Waals surface area contributed by atoms with Crippen molar-refractivity contribution in [2.75, 3.05) is 5.32 Å². The smallest absolute Gasteiger partial charge is 0.291 e. The summed E-state index contributed by atoms with van der Waals surface area (Å²) in [5, 5.41) is 16.5. The van der Waals surface area contributed by atoms with Gasteiger partial charge in [0.25, 0.3) is 5.69 Å². The van der Waals surface area contributed by atoms with E-state index in [0.29, 0.717) is 15.9 Å². The lowest BCUT2D eigenvalue weighted by molar-refractivity contribution is -0.385. The van der Waals surface area contributed by atoms with Crippen LogP contribution in [-0.2, 0) is 6.42 Å². The number of thiophene rings is 1. The molecule has 1 unspecified atom stereocenters. The SMILES string of the molecule is Cc1c([N+](=O)[O-])cnc(NC2CCCc3sccc32)c1Br. The molecule has 0 aromatic carbocycles. The van der Waals surface area contributed by atoms with E-state index < -0.39 is 4.92 Å². The Kier molecular flexibility index (Phi) is 3.95. The first-order chi connectivity index (χ1) is 10.1. The first-order valence-corrected chi connectivity index (χ1v) is 8.37. The number of nitrogens with one attached hydrogen (secondary N) is 1. The number of fused-ring (bicyclic) bond motifs is 1. The van der Waals surface area contributed by atoms with E-state index in [1.54, 1.807) is 18.3 Å². The molecule has 0 fully saturated rings. The van der Waals surface area contributed by atoms with Crippen molar-refractivity contribution in [3.05, 3.63) is 48.2 Å². The fourth-order valence-electron chi connectivity index (χ4n) is 2.66. The molecule has 1 aliphatic rings. The van der Waals surface area contributed by atoms with Crippen LogP contribution in [0.25, 0.3) is 0 Å². The molecule has 7 heteroatoms. The maximum absolute atomic E-state index is 10.9. The fraction of sp³-hybridized carbons (Fsp3) is 0.357. The van der Waals surface area contributed by atoms with Gasteiger partial charge in [-0.25, -0.2) is 4.98 Å². The number of rotatable bonds is 3. The number of pyridine rings is 1. The third kappa shape index (κ3) is 2.67. The van der Waals surface area contributed by atoms with Crippen molar-refractivity contribution in [2.45, 2.75) is 32.2 Å². The van der Waals surface area contributed by atoms with Gasteiger partial charge in [-0.05, 0) is 59.1 Å². The zero-order valence-corrected chi connectivity index (χ0v) is 13.8. The molecule has 0 bridgehead atoms. The summed E-state index contributed by atoms with van der Waals surface area (Å²) in [6, 6.07) is 2.38. The minimum atomic E-state index is -0.408. The zero-order valence-electron chi connectivity index (χ0n) is 11.4. The lowest BCUT2D eigenvalue weighted by Gasteiger charge is -2.24. The van der Waals surface area contributed by atoms with Crippen LogP contribution < -0.4 is 5.32 Å². The van der Waals surface area contributed by atoms with E-state index >= 15 is 0 Å². The molecule has 5 nitrogen and oxygen atoms in total. The minimum Gasteiger partial charge on any atom is -0.362 e. The van der Waals surface area contributed by atoms with E-state index in [4.69, 9.17) is 0 Å². The number of nitro groups is 1. The van der Waals surface area contributed by atoms with Gasteiger partial charge in [0, 0.05) is 10.4 Å². The van der Waals surface area contributed by atoms with Gasteiger partial charge in [0.15, 0.2) is 0 Å². The second-order valence-corrected chi connectivity index (χ2v) is 6.87. The van der Waals surface area contributed by atoms with Crippen LogP contribution >= 0.6 is 27.3 Å². The van der Waals surface area contributed by atoms with Crippen molar-refractivity contribution in [3.8, 4) is 0 Å². The van der Waals surface area contributed by atoms with Gasteiger partial charge in [0.1, 0.15) is 12.0 Å². The number of aromatic nitrogens is 1. The molecular formula is C14H14BrN3O2S. The minimum absolute atomic E-state index is 0.0345. The van der Waals surface area contributed by atoms with E-state index in [0.717, 1.165) is 19.3 Å². The van der Waals surface area contributed by atoms with Crippen LogP contribution in [0, 0.1) is 17.0 Å². The van der Waals surface area contributed by atoms with Gasteiger partial charge >= 0.3 is 0 Å². The zero-order chi connectivity index (χ0) is 15.0. The number of hydrogen-bond acceptors (Lipinski definition) is 5. The molecule has 3 rings (SSSR count). The Labute approximate surface area is 134 Å². The van der Waals surface area contributed by atoms with Crippen LogP contribution in [0.1, 0.15) is 34.9 Å². The van der Waals surface area contributed by atoms with Crippen LogP contribution in [0.3, 0.4) is 0 Å². The van der Waals surface area contributed by atoms with Crippen molar-refractivity contribution in [1.29, 1.82) is 0 Å². The normalized spacial score (nSPS) is 17.3. The Balaban J connectivity index is 1.90. The predicted octanol–water partition coefficient (Wildman–Crippen LogP) is 4.61.